The average molecular weight is 468 g/mol. The first-order chi connectivity index (χ1) is 14.5. The van der Waals surface area contributed by atoms with Gasteiger partial charge in [-0.3, -0.25) is 0 Å². The predicted molar refractivity (Wildman–Crippen MR) is 106 cm³/mol. The van der Waals surface area contributed by atoms with E-state index in [4.69, 9.17) is 0 Å². The molecule has 1 aromatic carbocycles. The van der Waals surface area contributed by atoms with E-state index in [1.165, 1.54) is 35.6 Å². The Labute approximate surface area is 177 Å². The van der Waals surface area contributed by atoms with Crippen molar-refractivity contribution in [2.45, 2.75) is 11.1 Å². The lowest BCUT2D eigenvalue weighted by Gasteiger charge is -2.09. The van der Waals surface area contributed by atoms with Gasteiger partial charge >= 0.3 is 6.18 Å². The topological polar surface area (TPSA) is 77.7 Å². The van der Waals surface area contributed by atoms with Crippen molar-refractivity contribution in [3.05, 3.63) is 65.0 Å². The van der Waals surface area contributed by atoms with Gasteiger partial charge in [-0.25, -0.2) is 27.5 Å². The van der Waals surface area contributed by atoms with Gasteiger partial charge in [0.1, 0.15) is 5.82 Å². The summed E-state index contributed by atoms with van der Waals surface area (Å²) in [5.74, 6) is -0.716. The normalized spacial score (nSPS) is 12.3. The molecule has 0 amide bonds. The van der Waals surface area contributed by atoms with Crippen molar-refractivity contribution in [2.24, 2.45) is 0 Å². The van der Waals surface area contributed by atoms with E-state index >= 15 is 0 Å². The van der Waals surface area contributed by atoms with Gasteiger partial charge in [-0.1, -0.05) is 6.07 Å². The minimum absolute atomic E-state index is 0.0538. The second kappa shape index (κ2) is 7.54. The van der Waals surface area contributed by atoms with Gasteiger partial charge in [-0.2, -0.15) is 18.3 Å². The van der Waals surface area contributed by atoms with E-state index in [-0.39, 0.29) is 27.5 Å². The molecule has 160 valence electrons. The van der Waals surface area contributed by atoms with E-state index in [1.54, 1.807) is 10.9 Å². The number of halogens is 4. The number of pyridine rings is 1. The number of hydrogen-bond donors (Lipinski definition) is 0. The molecule has 0 aliphatic heterocycles. The number of nitrogens with zero attached hydrogens (tertiary/aromatic N) is 4. The smallest absolute Gasteiger partial charge is 0.245 e. The average Bonchev–Trinajstić information content (AvgIpc) is 3.37. The van der Waals surface area contributed by atoms with Crippen LogP contribution >= 0.6 is 11.3 Å². The van der Waals surface area contributed by atoms with E-state index < -0.39 is 27.5 Å². The molecule has 12 heteroatoms. The molecule has 4 aromatic rings. The maximum absolute atomic E-state index is 14.7. The summed E-state index contributed by atoms with van der Waals surface area (Å²) in [7, 11) is -3.54. The van der Waals surface area contributed by atoms with Gasteiger partial charge in [0.15, 0.2) is 21.3 Å². The third kappa shape index (κ3) is 4.21. The summed E-state index contributed by atoms with van der Waals surface area (Å²) >= 11 is 1.28. The predicted octanol–water partition coefficient (Wildman–Crippen LogP) is 4.62. The first kappa shape index (κ1) is 21.1. The first-order valence-electron chi connectivity index (χ1n) is 8.56. The van der Waals surface area contributed by atoms with Crippen molar-refractivity contribution in [3.8, 4) is 28.3 Å². The fourth-order valence-electron chi connectivity index (χ4n) is 2.84. The Hall–Kier alpha value is -3.12. The molecule has 3 aromatic heterocycles. The molecular weight excluding hydrogens is 456 g/mol. The van der Waals surface area contributed by atoms with E-state index in [0.29, 0.717) is 5.69 Å². The molecule has 6 nitrogen and oxygen atoms in total. The number of thiazole rings is 1. The molecule has 0 aliphatic rings. The molecule has 0 spiro atoms. The number of sulfone groups is 1. The molecule has 31 heavy (non-hydrogen) atoms. The molecule has 0 radical (unpaired) electrons. The molecule has 0 aliphatic carbocycles. The van der Waals surface area contributed by atoms with Gasteiger partial charge in [0.25, 0.3) is 0 Å². The number of benzene rings is 1. The van der Waals surface area contributed by atoms with E-state index in [2.05, 4.69) is 15.1 Å². The Morgan fingerprint density at radius 3 is 2.39 bits per heavy atom. The van der Waals surface area contributed by atoms with Crippen LogP contribution in [0.5, 0.6) is 0 Å². The Balaban J connectivity index is 1.84. The van der Waals surface area contributed by atoms with Crippen LogP contribution in [0.15, 0.2) is 58.4 Å². The molecular formula is C19H12F4N4O2S2. The van der Waals surface area contributed by atoms with Crippen molar-refractivity contribution in [2.75, 3.05) is 6.26 Å². The Kier molecular flexibility index (Phi) is 5.13. The lowest BCUT2D eigenvalue weighted by Crippen LogP contribution is -2.08. The third-order valence-corrected chi connectivity index (χ3v) is 6.02. The van der Waals surface area contributed by atoms with Crippen LogP contribution in [0.1, 0.15) is 5.69 Å². The van der Waals surface area contributed by atoms with Crippen molar-refractivity contribution in [3.63, 3.8) is 0 Å². The van der Waals surface area contributed by atoms with E-state index in [0.717, 1.165) is 29.3 Å². The highest BCUT2D eigenvalue weighted by Gasteiger charge is 2.35. The van der Waals surface area contributed by atoms with Gasteiger partial charge in [-0.05, 0) is 30.3 Å². The maximum Gasteiger partial charge on any atom is 0.435 e. The Morgan fingerprint density at radius 2 is 1.84 bits per heavy atom. The van der Waals surface area contributed by atoms with Crippen LogP contribution in [0.3, 0.4) is 0 Å². The van der Waals surface area contributed by atoms with Crippen molar-refractivity contribution >= 4 is 21.2 Å². The highest BCUT2D eigenvalue weighted by Crippen LogP contribution is 2.34. The van der Waals surface area contributed by atoms with Crippen LogP contribution in [0.25, 0.3) is 28.3 Å². The Morgan fingerprint density at radius 1 is 1.06 bits per heavy atom. The summed E-state index contributed by atoms with van der Waals surface area (Å²) in [4.78, 5) is 7.86. The maximum atomic E-state index is 14.7. The van der Waals surface area contributed by atoms with Crippen LogP contribution in [-0.2, 0) is 16.0 Å². The van der Waals surface area contributed by atoms with Gasteiger partial charge in [0.05, 0.1) is 21.8 Å². The summed E-state index contributed by atoms with van der Waals surface area (Å²) in [6.45, 7) is 0. The summed E-state index contributed by atoms with van der Waals surface area (Å²) in [5, 5.41) is 5.22. The molecule has 0 bridgehead atoms. The van der Waals surface area contributed by atoms with Crippen LogP contribution in [-0.4, -0.2) is 34.4 Å². The van der Waals surface area contributed by atoms with Crippen molar-refractivity contribution in [1.82, 2.24) is 19.7 Å². The lowest BCUT2D eigenvalue weighted by molar-refractivity contribution is -0.141. The zero-order valence-electron chi connectivity index (χ0n) is 15.6. The number of alkyl halides is 3. The molecule has 0 saturated heterocycles. The molecule has 0 unspecified atom stereocenters. The minimum Gasteiger partial charge on any atom is -0.245 e. The fraction of sp³-hybridized carbons (Fsp3) is 0.105. The lowest BCUT2D eigenvalue weighted by atomic mass is 10.1. The SMILES string of the molecule is CS(=O)(=O)c1ccc(-n2nc(C(F)(F)F)cc2-c2ccc(-c3cscn3)c(F)c2)nc1. The van der Waals surface area contributed by atoms with Gasteiger partial charge in [0.2, 0.25) is 0 Å². The molecule has 4 rings (SSSR count). The number of aromatic nitrogens is 4. The fourth-order valence-corrected chi connectivity index (χ4v) is 3.96. The van der Waals surface area contributed by atoms with Crippen LogP contribution in [0.2, 0.25) is 0 Å². The second-order valence-electron chi connectivity index (χ2n) is 6.52. The first-order valence-corrected chi connectivity index (χ1v) is 11.4. The quantitative estimate of drug-likeness (QED) is 0.409. The molecule has 0 saturated carbocycles. The van der Waals surface area contributed by atoms with Gasteiger partial charge in [-0.15, -0.1) is 11.3 Å². The summed E-state index contributed by atoms with van der Waals surface area (Å²) in [6, 6.07) is 7.19. The van der Waals surface area contributed by atoms with Gasteiger partial charge in [0, 0.05) is 29.0 Å². The van der Waals surface area contributed by atoms with E-state index in [9.17, 15) is 26.0 Å². The number of rotatable bonds is 4. The summed E-state index contributed by atoms with van der Waals surface area (Å²) < 4.78 is 78.7. The second-order valence-corrected chi connectivity index (χ2v) is 9.25. The zero-order chi connectivity index (χ0) is 22.4. The molecule has 3 heterocycles. The highest BCUT2D eigenvalue weighted by molar-refractivity contribution is 7.90. The molecule has 0 fully saturated rings. The van der Waals surface area contributed by atoms with Crippen molar-refractivity contribution < 1.29 is 26.0 Å². The summed E-state index contributed by atoms with van der Waals surface area (Å²) in [5.41, 5.74) is 1.04. The number of hydrogen-bond acceptors (Lipinski definition) is 6. The van der Waals surface area contributed by atoms with Crippen LogP contribution in [0, 0.1) is 5.82 Å². The largest absolute Gasteiger partial charge is 0.435 e. The molecule has 0 atom stereocenters. The van der Waals surface area contributed by atoms with Crippen LogP contribution in [0.4, 0.5) is 17.6 Å². The van der Waals surface area contributed by atoms with Crippen LogP contribution < -0.4 is 0 Å². The van der Waals surface area contributed by atoms with Gasteiger partial charge < -0.3 is 0 Å². The zero-order valence-corrected chi connectivity index (χ0v) is 17.3. The monoisotopic (exact) mass is 468 g/mol. The Bertz CT molecular complexity index is 1350. The van der Waals surface area contributed by atoms with E-state index in [1.807, 2.05) is 0 Å². The minimum atomic E-state index is -4.74. The summed E-state index contributed by atoms with van der Waals surface area (Å²) in [6.07, 6.45) is -2.74. The molecule has 0 N–H and O–H groups in total. The highest BCUT2D eigenvalue weighted by atomic mass is 32.2. The standard InChI is InChI=1S/C19H12F4N4O2S2/c1-31(28,29)12-3-5-18(24-8-12)27-16(7-17(26-27)19(21,22)23)11-2-4-13(14(20)6-11)15-9-30-10-25-15/h2-10H,1H3. The van der Waals surface area contributed by atoms with Crippen molar-refractivity contribution in [1.29, 1.82) is 0 Å². The third-order valence-electron chi connectivity index (χ3n) is 4.34.